The summed E-state index contributed by atoms with van der Waals surface area (Å²) in [7, 11) is 0. The first-order valence-electron chi connectivity index (χ1n) is 8.97. The topological polar surface area (TPSA) is 49.8 Å². The summed E-state index contributed by atoms with van der Waals surface area (Å²) in [6.45, 7) is 3.08. The van der Waals surface area contributed by atoms with E-state index in [4.69, 9.17) is 4.74 Å². The van der Waals surface area contributed by atoms with Gasteiger partial charge in [0, 0.05) is 6.54 Å². The molecule has 1 N–H and O–H groups in total. The van der Waals surface area contributed by atoms with E-state index >= 15 is 0 Å². The van der Waals surface area contributed by atoms with Gasteiger partial charge in [-0.3, -0.25) is 9.69 Å². The lowest BCUT2D eigenvalue weighted by atomic mass is 9.85. The third kappa shape index (κ3) is 3.40. The predicted octanol–water partition coefficient (Wildman–Crippen LogP) is 3.16. The molecular weight excluding hydrogens is 314 g/mol. The number of carbonyl (C=O) groups excluding carboxylic acids is 1. The van der Waals surface area contributed by atoms with Crippen molar-refractivity contribution >= 4 is 5.97 Å². The lowest BCUT2D eigenvalue weighted by Gasteiger charge is -2.44. The van der Waals surface area contributed by atoms with E-state index in [0.717, 1.165) is 43.6 Å². The summed E-state index contributed by atoms with van der Waals surface area (Å²) < 4.78 is 5.97. The van der Waals surface area contributed by atoms with E-state index in [1.807, 2.05) is 36.4 Å². The second kappa shape index (κ2) is 6.89. The molecule has 130 valence electrons. The summed E-state index contributed by atoms with van der Waals surface area (Å²) in [5.74, 6) is -0.0945. The highest BCUT2D eigenvalue weighted by Crippen LogP contribution is 2.33. The van der Waals surface area contributed by atoms with Crippen molar-refractivity contribution in [2.24, 2.45) is 5.92 Å². The lowest BCUT2D eigenvalue weighted by molar-refractivity contribution is -0.159. The Morgan fingerprint density at radius 2 is 1.76 bits per heavy atom. The van der Waals surface area contributed by atoms with Gasteiger partial charge in [0.1, 0.15) is 17.8 Å². The minimum absolute atomic E-state index is 0.0153. The summed E-state index contributed by atoms with van der Waals surface area (Å²) >= 11 is 0. The number of hydrogen-bond acceptors (Lipinski definition) is 4. The number of fused-ring (bicyclic) bond motifs is 3. The monoisotopic (exact) mass is 337 g/mol. The molecule has 2 aromatic rings. The second-order valence-electron chi connectivity index (χ2n) is 7.05. The van der Waals surface area contributed by atoms with Gasteiger partial charge in [0.15, 0.2) is 0 Å². The fourth-order valence-electron chi connectivity index (χ4n) is 4.08. The van der Waals surface area contributed by atoms with Crippen LogP contribution in [0.1, 0.15) is 29.9 Å². The fraction of sp³-hybridized carbons (Fsp3) is 0.381. The van der Waals surface area contributed by atoms with Crippen LogP contribution in [0.2, 0.25) is 0 Å². The van der Waals surface area contributed by atoms with Crippen molar-refractivity contribution in [2.45, 2.75) is 24.9 Å². The number of phenolic OH excluding ortho intramolecular Hbond substituents is 1. The molecule has 5 rings (SSSR count). The van der Waals surface area contributed by atoms with Crippen LogP contribution in [0, 0.1) is 5.92 Å². The van der Waals surface area contributed by atoms with Crippen LogP contribution in [0.4, 0.5) is 0 Å². The number of carbonyl (C=O) groups is 1. The number of phenols is 1. The molecule has 0 aliphatic carbocycles. The van der Waals surface area contributed by atoms with Gasteiger partial charge < -0.3 is 9.84 Å². The average molecular weight is 337 g/mol. The van der Waals surface area contributed by atoms with Crippen molar-refractivity contribution in [3.63, 3.8) is 0 Å². The maximum Gasteiger partial charge on any atom is 0.318 e. The first kappa shape index (κ1) is 16.2. The summed E-state index contributed by atoms with van der Waals surface area (Å²) in [4.78, 5) is 15.5. The Kier molecular flexibility index (Phi) is 4.45. The molecule has 4 nitrogen and oxygen atoms in total. The molecule has 2 bridgehead atoms. The Balaban J connectivity index is 1.60. The quantitative estimate of drug-likeness (QED) is 0.871. The number of rotatable bonds is 4. The summed E-state index contributed by atoms with van der Waals surface area (Å²) in [6, 6.07) is 16.6. The molecule has 3 aliphatic heterocycles. The number of nitrogens with zero attached hydrogens (tertiary/aromatic N) is 1. The molecule has 0 aromatic heterocycles. The molecule has 0 radical (unpaired) electrons. The normalized spacial score (nSPS) is 26.2. The minimum atomic E-state index is -0.510. The molecule has 4 heteroatoms. The third-order valence-electron chi connectivity index (χ3n) is 5.44. The van der Waals surface area contributed by atoms with Gasteiger partial charge in [-0.1, -0.05) is 42.5 Å². The van der Waals surface area contributed by atoms with E-state index < -0.39 is 5.92 Å². The van der Waals surface area contributed by atoms with E-state index in [2.05, 4.69) is 4.90 Å². The third-order valence-corrected chi connectivity index (χ3v) is 5.44. The molecule has 0 saturated carbocycles. The molecule has 2 atom stereocenters. The van der Waals surface area contributed by atoms with Gasteiger partial charge in [-0.05, 0) is 55.1 Å². The van der Waals surface area contributed by atoms with Gasteiger partial charge in [0.2, 0.25) is 0 Å². The van der Waals surface area contributed by atoms with Gasteiger partial charge in [-0.2, -0.15) is 0 Å². The van der Waals surface area contributed by atoms with E-state index in [9.17, 15) is 9.90 Å². The van der Waals surface area contributed by atoms with Gasteiger partial charge in [0.25, 0.3) is 0 Å². The summed E-state index contributed by atoms with van der Waals surface area (Å²) in [5.41, 5.74) is 1.65. The molecule has 3 saturated heterocycles. The van der Waals surface area contributed by atoms with Crippen molar-refractivity contribution in [3.05, 3.63) is 65.7 Å². The molecule has 3 aliphatic rings. The SMILES string of the molecule is O=C(O[C@H]1CN2CCC1CC2)C(c1ccccc1)c1cccc(O)c1. The largest absolute Gasteiger partial charge is 0.508 e. The van der Waals surface area contributed by atoms with Crippen LogP contribution < -0.4 is 0 Å². The van der Waals surface area contributed by atoms with E-state index in [0.29, 0.717) is 5.92 Å². The average Bonchev–Trinajstić information content (AvgIpc) is 2.64. The van der Waals surface area contributed by atoms with Gasteiger partial charge in [-0.15, -0.1) is 0 Å². The van der Waals surface area contributed by atoms with Gasteiger partial charge in [0.05, 0.1) is 0 Å². The zero-order valence-corrected chi connectivity index (χ0v) is 14.2. The summed E-state index contributed by atoms with van der Waals surface area (Å²) in [5, 5.41) is 9.84. The van der Waals surface area contributed by atoms with E-state index in [1.54, 1.807) is 18.2 Å². The first-order chi connectivity index (χ1) is 12.2. The van der Waals surface area contributed by atoms with Crippen LogP contribution in [0.15, 0.2) is 54.6 Å². The Morgan fingerprint density at radius 1 is 1.04 bits per heavy atom. The molecular formula is C21H23NO3. The maximum atomic E-state index is 13.1. The smallest absolute Gasteiger partial charge is 0.318 e. The number of benzene rings is 2. The Bertz CT molecular complexity index is 738. The molecule has 0 spiro atoms. The second-order valence-corrected chi connectivity index (χ2v) is 7.05. The van der Waals surface area contributed by atoms with Crippen LogP contribution in [0.3, 0.4) is 0 Å². The fourth-order valence-corrected chi connectivity index (χ4v) is 4.08. The number of hydrogen-bond donors (Lipinski definition) is 1. The molecule has 2 aromatic carbocycles. The highest BCUT2D eigenvalue weighted by molar-refractivity contribution is 5.82. The van der Waals surface area contributed by atoms with Crippen LogP contribution >= 0.6 is 0 Å². The Morgan fingerprint density at radius 3 is 2.40 bits per heavy atom. The zero-order valence-electron chi connectivity index (χ0n) is 14.2. The zero-order chi connectivity index (χ0) is 17.2. The van der Waals surface area contributed by atoms with Crippen LogP contribution in [0.5, 0.6) is 5.75 Å². The summed E-state index contributed by atoms with van der Waals surface area (Å²) in [6.07, 6.45) is 2.21. The Hall–Kier alpha value is -2.33. The molecule has 25 heavy (non-hydrogen) atoms. The molecule has 0 amide bonds. The van der Waals surface area contributed by atoms with Crippen LogP contribution in [-0.2, 0) is 9.53 Å². The standard InChI is InChI=1S/C21H23NO3/c23-18-8-4-7-17(13-18)20(16-5-2-1-3-6-16)21(24)25-19-14-22-11-9-15(19)10-12-22/h1-8,13,15,19-20,23H,9-12,14H2/t19-,20?/m0/s1. The van der Waals surface area contributed by atoms with Crippen molar-refractivity contribution in [1.82, 2.24) is 4.90 Å². The number of esters is 1. The molecule has 3 fully saturated rings. The lowest BCUT2D eigenvalue weighted by Crippen LogP contribution is -2.52. The van der Waals surface area contributed by atoms with Crippen molar-refractivity contribution < 1.29 is 14.6 Å². The molecule has 3 heterocycles. The Labute approximate surface area is 148 Å². The van der Waals surface area contributed by atoms with Crippen LogP contribution in [-0.4, -0.2) is 41.7 Å². The van der Waals surface area contributed by atoms with Crippen LogP contribution in [0.25, 0.3) is 0 Å². The maximum absolute atomic E-state index is 13.1. The first-order valence-corrected chi connectivity index (χ1v) is 8.97. The number of aromatic hydroxyl groups is 1. The molecule has 1 unspecified atom stereocenters. The predicted molar refractivity (Wildman–Crippen MR) is 95.4 cm³/mol. The van der Waals surface area contributed by atoms with E-state index in [1.165, 1.54) is 0 Å². The van der Waals surface area contributed by atoms with Gasteiger partial charge in [-0.25, -0.2) is 0 Å². The van der Waals surface area contributed by atoms with Crippen molar-refractivity contribution in [1.29, 1.82) is 0 Å². The van der Waals surface area contributed by atoms with Gasteiger partial charge >= 0.3 is 5.97 Å². The highest BCUT2D eigenvalue weighted by Gasteiger charge is 2.38. The highest BCUT2D eigenvalue weighted by atomic mass is 16.5. The van der Waals surface area contributed by atoms with Crippen molar-refractivity contribution in [2.75, 3.05) is 19.6 Å². The number of piperidine rings is 3. The van der Waals surface area contributed by atoms with Crippen molar-refractivity contribution in [3.8, 4) is 5.75 Å². The van der Waals surface area contributed by atoms with E-state index in [-0.39, 0.29) is 17.8 Å². The minimum Gasteiger partial charge on any atom is -0.508 e. The number of ether oxygens (including phenoxy) is 1.